The molecule has 1 heterocycles. The predicted octanol–water partition coefficient (Wildman–Crippen LogP) is 3.18. The first-order chi connectivity index (χ1) is 12.4. The molecule has 1 saturated heterocycles. The second kappa shape index (κ2) is 9.72. The maximum atomic E-state index is 12.1. The van der Waals surface area contributed by atoms with Gasteiger partial charge in [0.25, 0.3) is 0 Å². The molecule has 1 aromatic carbocycles. The Hall–Kier alpha value is -1.88. The molecule has 0 aromatic heterocycles. The third-order valence-corrected chi connectivity index (χ3v) is 5.05. The number of unbranched alkanes of at least 4 members (excludes halogenated alkanes) is 1. The summed E-state index contributed by atoms with van der Waals surface area (Å²) in [7, 11) is 0. The third kappa shape index (κ3) is 6.13. The Balaban J connectivity index is 1.68. The highest BCUT2D eigenvalue weighted by Crippen LogP contribution is 2.21. The van der Waals surface area contributed by atoms with Gasteiger partial charge in [0, 0.05) is 18.8 Å². The van der Waals surface area contributed by atoms with Crippen LogP contribution in [0.4, 0.5) is 5.69 Å². The number of hydrogen-bond donors (Lipinski definition) is 2. The Kier molecular flexibility index (Phi) is 7.64. The maximum absolute atomic E-state index is 12.1. The fourth-order valence-corrected chi connectivity index (χ4v) is 3.78. The molecule has 1 atom stereocenters. The first-order valence-electron chi connectivity index (χ1n) is 9.76. The number of rotatable bonds is 6. The molecule has 0 aliphatic carbocycles. The van der Waals surface area contributed by atoms with E-state index in [9.17, 15) is 9.59 Å². The summed E-state index contributed by atoms with van der Waals surface area (Å²) < 4.78 is 0. The second-order valence-electron chi connectivity index (χ2n) is 7.74. The lowest BCUT2D eigenvalue weighted by molar-refractivity contribution is -0.136. The van der Waals surface area contributed by atoms with Gasteiger partial charge in [0.05, 0.1) is 0 Å². The highest BCUT2D eigenvalue weighted by molar-refractivity contribution is 6.39. The van der Waals surface area contributed by atoms with Crippen LogP contribution in [0.15, 0.2) is 12.1 Å². The summed E-state index contributed by atoms with van der Waals surface area (Å²) in [4.78, 5) is 26.6. The van der Waals surface area contributed by atoms with Gasteiger partial charge in [0.1, 0.15) is 0 Å². The van der Waals surface area contributed by atoms with Crippen LogP contribution in [0.3, 0.4) is 0 Å². The van der Waals surface area contributed by atoms with Crippen molar-refractivity contribution in [2.24, 2.45) is 5.92 Å². The van der Waals surface area contributed by atoms with Crippen molar-refractivity contribution in [3.05, 3.63) is 28.8 Å². The zero-order valence-electron chi connectivity index (χ0n) is 16.7. The topological polar surface area (TPSA) is 61.4 Å². The van der Waals surface area contributed by atoms with E-state index in [0.717, 1.165) is 47.7 Å². The van der Waals surface area contributed by atoms with E-state index in [4.69, 9.17) is 0 Å². The molecule has 0 saturated carbocycles. The zero-order valence-corrected chi connectivity index (χ0v) is 16.7. The van der Waals surface area contributed by atoms with E-state index in [0.29, 0.717) is 6.54 Å². The van der Waals surface area contributed by atoms with Gasteiger partial charge in [-0.25, -0.2) is 0 Å². The largest absolute Gasteiger partial charge is 0.348 e. The standard InChI is InChI=1S/C21H33N3O2/c1-15-8-7-11-24(14-15)10-6-5-9-22-20(25)21(26)23-19-17(3)12-16(2)13-18(19)4/h12-13,15H,5-11,14H2,1-4H3,(H,22,25)(H,23,26). The van der Waals surface area contributed by atoms with Crippen LogP contribution in [0.2, 0.25) is 0 Å². The summed E-state index contributed by atoms with van der Waals surface area (Å²) in [5, 5.41) is 5.47. The van der Waals surface area contributed by atoms with E-state index in [1.54, 1.807) is 0 Å². The van der Waals surface area contributed by atoms with Gasteiger partial charge in [-0.1, -0.05) is 24.6 Å². The third-order valence-electron chi connectivity index (χ3n) is 5.05. The summed E-state index contributed by atoms with van der Waals surface area (Å²) in [5.41, 5.74) is 3.82. The zero-order chi connectivity index (χ0) is 19.1. The minimum absolute atomic E-state index is 0.543. The number of likely N-dealkylation sites (tertiary alicyclic amines) is 1. The number of anilines is 1. The number of amides is 2. The molecule has 1 unspecified atom stereocenters. The van der Waals surface area contributed by atoms with Gasteiger partial charge in [-0.05, 0) is 76.6 Å². The molecule has 144 valence electrons. The molecule has 5 heteroatoms. The normalized spacial score (nSPS) is 17.8. The molecule has 1 fully saturated rings. The molecular formula is C21H33N3O2. The minimum atomic E-state index is -0.593. The Bertz CT molecular complexity index is 619. The quantitative estimate of drug-likeness (QED) is 0.606. The smallest absolute Gasteiger partial charge is 0.313 e. The van der Waals surface area contributed by atoms with Crippen molar-refractivity contribution in [1.29, 1.82) is 0 Å². The van der Waals surface area contributed by atoms with Gasteiger partial charge >= 0.3 is 11.8 Å². The lowest BCUT2D eigenvalue weighted by Crippen LogP contribution is -2.37. The van der Waals surface area contributed by atoms with Gasteiger partial charge in [-0.3, -0.25) is 9.59 Å². The van der Waals surface area contributed by atoms with E-state index in [-0.39, 0.29) is 0 Å². The van der Waals surface area contributed by atoms with Crippen molar-refractivity contribution >= 4 is 17.5 Å². The van der Waals surface area contributed by atoms with Crippen molar-refractivity contribution in [2.75, 3.05) is 31.5 Å². The van der Waals surface area contributed by atoms with Gasteiger partial charge in [0.15, 0.2) is 0 Å². The van der Waals surface area contributed by atoms with Crippen LogP contribution in [0.1, 0.15) is 49.3 Å². The minimum Gasteiger partial charge on any atom is -0.348 e. The Morgan fingerprint density at radius 3 is 2.46 bits per heavy atom. The van der Waals surface area contributed by atoms with Crippen molar-refractivity contribution in [2.45, 2.75) is 53.4 Å². The second-order valence-corrected chi connectivity index (χ2v) is 7.74. The van der Waals surface area contributed by atoms with E-state index in [1.165, 1.54) is 25.9 Å². The van der Waals surface area contributed by atoms with E-state index in [1.807, 2.05) is 32.9 Å². The molecule has 1 aromatic rings. The van der Waals surface area contributed by atoms with Crippen molar-refractivity contribution in [3.63, 3.8) is 0 Å². The monoisotopic (exact) mass is 359 g/mol. The van der Waals surface area contributed by atoms with Crippen LogP contribution < -0.4 is 10.6 Å². The van der Waals surface area contributed by atoms with E-state index >= 15 is 0 Å². The van der Waals surface area contributed by atoms with Crippen LogP contribution in [0, 0.1) is 26.7 Å². The van der Waals surface area contributed by atoms with E-state index < -0.39 is 11.8 Å². The molecule has 0 spiro atoms. The fraction of sp³-hybridized carbons (Fsp3) is 0.619. The van der Waals surface area contributed by atoms with Crippen LogP contribution in [-0.4, -0.2) is 42.9 Å². The number of carbonyl (C=O) groups excluding carboxylic acids is 2. The lowest BCUT2D eigenvalue weighted by atomic mass is 10.0. The highest BCUT2D eigenvalue weighted by Gasteiger charge is 2.17. The summed E-state index contributed by atoms with van der Waals surface area (Å²) in [6.45, 7) is 12.2. The summed E-state index contributed by atoms with van der Waals surface area (Å²) >= 11 is 0. The molecule has 26 heavy (non-hydrogen) atoms. The number of nitrogens with one attached hydrogen (secondary N) is 2. The number of nitrogens with zero attached hydrogens (tertiary/aromatic N) is 1. The SMILES string of the molecule is Cc1cc(C)c(NC(=O)C(=O)NCCCCN2CCCC(C)C2)c(C)c1. The van der Waals surface area contributed by atoms with E-state index in [2.05, 4.69) is 22.5 Å². The number of hydrogen-bond acceptors (Lipinski definition) is 3. The highest BCUT2D eigenvalue weighted by atomic mass is 16.2. The molecule has 5 nitrogen and oxygen atoms in total. The molecular weight excluding hydrogens is 326 g/mol. The Morgan fingerprint density at radius 1 is 1.12 bits per heavy atom. The van der Waals surface area contributed by atoms with Gasteiger partial charge in [-0.15, -0.1) is 0 Å². The first-order valence-corrected chi connectivity index (χ1v) is 9.76. The van der Waals surface area contributed by atoms with Gasteiger partial charge in [0.2, 0.25) is 0 Å². The number of carbonyl (C=O) groups is 2. The van der Waals surface area contributed by atoms with Crippen LogP contribution in [-0.2, 0) is 9.59 Å². The Labute approximate surface area is 157 Å². The number of piperidine rings is 1. The number of aryl methyl sites for hydroxylation is 3. The molecule has 0 radical (unpaired) electrons. The molecule has 2 amide bonds. The van der Waals surface area contributed by atoms with Crippen molar-refractivity contribution < 1.29 is 9.59 Å². The first kappa shape index (κ1) is 20.4. The summed E-state index contributed by atoms with van der Waals surface area (Å²) in [6.07, 6.45) is 4.56. The van der Waals surface area contributed by atoms with Gasteiger partial charge < -0.3 is 15.5 Å². The average Bonchev–Trinajstić information content (AvgIpc) is 2.57. The molecule has 2 rings (SSSR count). The molecule has 2 N–H and O–H groups in total. The molecule has 0 bridgehead atoms. The van der Waals surface area contributed by atoms with Crippen molar-refractivity contribution in [3.8, 4) is 0 Å². The van der Waals surface area contributed by atoms with Crippen LogP contribution in [0.5, 0.6) is 0 Å². The van der Waals surface area contributed by atoms with Crippen molar-refractivity contribution in [1.82, 2.24) is 10.2 Å². The summed E-state index contributed by atoms with van der Waals surface area (Å²) in [6, 6.07) is 4.00. The molecule has 1 aliphatic rings. The lowest BCUT2D eigenvalue weighted by Gasteiger charge is -2.30. The van der Waals surface area contributed by atoms with Crippen LogP contribution >= 0.6 is 0 Å². The predicted molar refractivity (Wildman–Crippen MR) is 106 cm³/mol. The van der Waals surface area contributed by atoms with Crippen LogP contribution in [0.25, 0.3) is 0 Å². The average molecular weight is 360 g/mol. The fourth-order valence-electron chi connectivity index (χ4n) is 3.78. The van der Waals surface area contributed by atoms with Gasteiger partial charge in [-0.2, -0.15) is 0 Å². The Morgan fingerprint density at radius 2 is 1.81 bits per heavy atom. The summed E-state index contributed by atoms with van der Waals surface area (Å²) in [5.74, 6) is -0.360. The maximum Gasteiger partial charge on any atom is 0.313 e. The molecule has 1 aliphatic heterocycles. The number of benzene rings is 1.